The van der Waals surface area contributed by atoms with Crippen LogP contribution in [0.4, 0.5) is 0 Å². The molecule has 0 saturated carbocycles. The molecule has 0 radical (unpaired) electrons. The molecule has 5 nitrogen and oxygen atoms in total. The maximum atomic E-state index is 13.1. The van der Waals surface area contributed by atoms with E-state index < -0.39 is 10.0 Å². The van der Waals surface area contributed by atoms with Crippen molar-refractivity contribution in [3.05, 3.63) is 54.1 Å². The first-order chi connectivity index (χ1) is 14.5. The van der Waals surface area contributed by atoms with Crippen LogP contribution in [0.15, 0.2) is 59.0 Å². The first kappa shape index (κ1) is 21.1. The van der Waals surface area contributed by atoms with Gasteiger partial charge in [0.1, 0.15) is 0 Å². The molecule has 4 rings (SSSR count). The molecule has 2 aliphatic rings. The lowest BCUT2D eigenvalue weighted by molar-refractivity contribution is -0.126. The molecular formula is C24H30N2O3S. The van der Waals surface area contributed by atoms with Crippen molar-refractivity contribution in [2.24, 2.45) is 5.92 Å². The molecule has 6 heteroatoms. The summed E-state index contributed by atoms with van der Waals surface area (Å²) in [6, 6.07) is 13.0. The van der Waals surface area contributed by atoms with Crippen LogP contribution in [0, 0.1) is 5.92 Å². The highest BCUT2D eigenvalue weighted by molar-refractivity contribution is 7.89. The fourth-order valence-electron chi connectivity index (χ4n) is 4.46. The molecule has 1 aliphatic carbocycles. The average Bonchev–Trinajstić information content (AvgIpc) is 2.79. The van der Waals surface area contributed by atoms with Gasteiger partial charge in [-0.3, -0.25) is 4.79 Å². The van der Waals surface area contributed by atoms with Crippen LogP contribution in [0.1, 0.15) is 44.9 Å². The van der Waals surface area contributed by atoms with Crippen LogP contribution in [-0.4, -0.2) is 38.3 Å². The van der Waals surface area contributed by atoms with Crippen molar-refractivity contribution < 1.29 is 13.2 Å². The van der Waals surface area contributed by atoms with Crippen molar-refractivity contribution in [3.63, 3.8) is 0 Å². The van der Waals surface area contributed by atoms with Crippen molar-refractivity contribution in [3.8, 4) is 0 Å². The van der Waals surface area contributed by atoms with Crippen LogP contribution >= 0.6 is 0 Å². The maximum absolute atomic E-state index is 13.1. The summed E-state index contributed by atoms with van der Waals surface area (Å²) in [6.45, 7) is 1.46. The lowest BCUT2D eigenvalue weighted by Crippen LogP contribution is -2.43. The topological polar surface area (TPSA) is 66.5 Å². The van der Waals surface area contributed by atoms with Crippen LogP contribution in [0.2, 0.25) is 0 Å². The highest BCUT2D eigenvalue weighted by atomic mass is 32.2. The molecule has 1 saturated heterocycles. The monoisotopic (exact) mass is 426 g/mol. The summed E-state index contributed by atoms with van der Waals surface area (Å²) < 4.78 is 27.7. The summed E-state index contributed by atoms with van der Waals surface area (Å²) in [7, 11) is -3.54. The molecular weight excluding hydrogens is 396 g/mol. The standard InChI is InChI=1S/C24H30N2O3S/c27-24(25-15-12-19-6-2-1-3-7-19)21-13-16-26(17-14-21)30(28,29)23-11-10-20-8-4-5-9-22(20)18-23/h4-6,8-11,18,21H,1-3,7,12-17H2,(H,25,27). The van der Waals surface area contributed by atoms with Crippen LogP contribution in [0.3, 0.4) is 0 Å². The molecule has 0 bridgehead atoms. The van der Waals surface area contributed by atoms with Crippen LogP contribution < -0.4 is 5.32 Å². The Bertz CT molecular complexity index is 1040. The fraction of sp³-hybridized carbons (Fsp3) is 0.458. The van der Waals surface area contributed by atoms with Gasteiger partial charge in [0, 0.05) is 25.6 Å². The molecule has 160 valence electrons. The van der Waals surface area contributed by atoms with E-state index >= 15 is 0 Å². The van der Waals surface area contributed by atoms with E-state index in [2.05, 4.69) is 11.4 Å². The minimum absolute atomic E-state index is 0.0640. The summed E-state index contributed by atoms with van der Waals surface area (Å²) in [5.74, 6) is -0.0393. The zero-order valence-electron chi connectivity index (χ0n) is 17.3. The predicted octanol–water partition coefficient (Wildman–Crippen LogP) is 4.25. The summed E-state index contributed by atoms with van der Waals surface area (Å²) in [5.41, 5.74) is 1.46. The third-order valence-corrected chi connectivity index (χ3v) is 8.21. The fourth-order valence-corrected chi connectivity index (χ4v) is 5.96. The second kappa shape index (κ2) is 9.31. The third kappa shape index (κ3) is 4.76. The molecule has 0 spiro atoms. The number of carbonyl (C=O) groups is 1. The smallest absolute Gasteiger partial charge is 0.243 e. The molecule has 0 unspecified atom stereocenters. The average molecular weight is 427 g/mol. The number of benzene rings is 2. The van der Waals surface area contributed by atoms with E-state index in [1.807, 2.05) is 30.3 Å². The molecule has 1 heterocycles. The summed E-state index contributed by atoms with van der Waals surface area (Å²) >= 11 is 0. The number of sulfonamides is 1. The van der Waals surface area contributed by atoms with Crippen molar-refractivity contribution in [2.45, 2.75) is 49.8 Å². The van der Waals surface area contributed by atoms with Gasteiger partial charge in [-0.2, -0.15) is 4.31 Å². The second-order valence-corrected chi connectivity index (χ2v) is 10.3. The number of rotatable bonds is 6. The van der Waals surface area contributed by atoms with Gasteiger partial charge in [0.2, 0.25) is 15.9 Å². The largest absolute Gasteiger partial charge is 0.356 e. The lowest BCUT2D eigenvalue weighted by atomic mass is 9.96. The Hall–Kier alpha value is -2.18. The van der Waals surface area contributed by atoms with Gasteiger partial charge < -0.3 is 5.32 Å². The van der Waals surface area contributed by atoms with Crippen LogP contribution in [0.25, 0.3) is 10.8 Å². The van der Waals surface area contributed by atoms with Gasteiger partial charge in [-0.15, -0.1) is 0 Å². The Morgan fingerprint density at radius 2 is 1.80 bits per heavy atom. The molecule has 0 aromatic heterocycles. The second-order valence-electron chi connectivity index (χ2n) is 8.34. The summed E-state index contributed by atoms with van der Waals surface area (Å²) in [4.78, 5) is 12.8. The number of fused-ring (bicyclic) bond motifs is 1. The maximum Gasteiger partial charge on any atom is 0.243 e. The van der Waals surface area contributed by atoms with Gasteiger partial charge in [-0.1, -0.05) is 42.0 Å². The molecule has 0 atom stereocenters. The quantitative estimate of drug-likeness (QED) is 0.703. The number of nitrogens with zero attached hydrogens (tertiary/aromatic N) is 1. The number of allylic oxidation sites excluding steroid dienone is 1. The molecule has 1 aliphatic heterocycles. The Balaban J connectivity index is 1.31. The molecule has 2 aromatic rings. The van der Waals surface area contributed by atoms with E-state index in [9.17, 15) is 13.2 Å². The van der Waals surface area contributed by atoms with Gasteiger partial charge >= 0.3 is 0 Å². The van der Waals surface area contributed by atoms with Gasteiger partial charge in [0.05, 0.1) is 4.90 Å². The van der Waals surface area contributed by atoms with Gasteiger partial charge in [-0.05, 0) is 67.9 Å². The first-order valence-corrected chi connectivity index (χ1v) is 12.4. The Morgan fingerprint density at radius 1 is 1.03 bits per heavy atom. The Kier molecular flexibility index (Phi) is 6.54. The third-order valence-electron chi connectivity index (χ3n) is 6.31. The van der Waals surface area contributed by atoms with E-state index in [1.54, 1.807) is 12.1 Å². The van der Waals surface area contributed by atoms with E-state index in [0.717, 1.165) is 30.0 Å². The van der Waals surface area contributed by atoms with Crippen molar-refractivity contribution >= 4 is 26.7 Å². The van der Waals surface area contributed by atoms with Crippen molar-refractivity contribution in [1.82, 2.24) is 9.62 Å². The number of hydrogen-bond donors (Lipinski definition) is 1. The molecule has 1 fully saturated rings. The van der Waals surface area contributed by atoms with Crippen molar-refractivity contribution in [1.29, 1.82) is 0 Å². The molecule has 30 heavy (non-hydrogen) atoms. The van der Waals surface area contributed by atoms with E-state index in [4.69, 9.17) is 0 Å². The van der Waals surface area contributed by atoms with Gasteiger partial charge in [0.15, 0.2) is 0 Å². The highest BCUT2D eigenvalue weighted by Gasteiger charge is 2.32. The zero-order valence-corrected chi connectivity index (χ0v) is 18.2. The summed E-state index contributed by atoms with van der Waals surface area (Å²) in [5, 5.41) is 5.00. The minimum atomic E-state index is -3.54. The Labute approximate surface area is 179 Å². The lowest BCUT2D eigenvalue weighted by Gasteiger charge is -2.30. The van der Waals surface area contributed by atoms with E-state index in [1.165, 1.54) is 22.7 Å². The number of amides is 1. The van der Waals surface area contributed by atoms with E-state index in [0.29, 0.717) is 37.4 Å². The normalized spacial score (nSPS) is 18.9. The van der Waals surface area contributed by atoms with Gasteiger partial charge in [0.25, 0.3) is 0 Å². The molecule has 2 aromatic carbocycles. The molecule has 1 amide bonds. The van der Waals surface area contributed by atoms with Gasteiger partial charge in [-0.25, -0.2) is 8.42 Å². The highest BCUT2D eigenvalue weighted by Crippen LogP contribution is 2.26. The number of piperidine rings is 1. The number of carbonyl (C=O) groups excluding carboxylic acids is 1. The van der Waals surface area contributed by atoms with E-state index in [-0.39, 0.29) is 11.8 Å². The molecule has 1 N–H and O–H groups in total. The predicted molar refractivity (Wildman–Crippen MR) is 120 cm³/mol. The van der Waals surface area contributed by atoms with Crippen LogP contribution in [-0.2, 0) is 14.8 Å². The SMILES string of the molecule is O=C(NCCC1=CCCCC1)C1CCN(S(=O)(=O)c2ccc3ccccc3c2)CC1. The van der Waals surface area contributed by atoms with Crippen molar-refractivity contribution in [2.75, 3.05) is 19.6 Å². The first-order valence-electron chi connectivity index (χ1n) is 11.0. The number of hydrogen-bond acceptors (Lipinski definition) is 3. The zero-order chi connectivity index (χ0) is 21.0. The Morgan fingerprint density at radius 3 is 2.53 bits per heavy atom. The minimum Gasteiger partial charge on any atom is -0.356 e. The number of nitrogens with one attached hydrogen (secondary N) is 1. The summed E-state index contributed by atoms with van der Waals surface area (Å²) in [6.07, 6.45) is 9.23. The van der Waals surface area contributed by atoms with Crippen LogP contribution in [0.5, 0.6) is 0 Å².